The monoisotopic (exact) mass is 196 g/mol. The summed E-state index contributed by atoms with van der Waals surface area (Å²) in [7, 11) is 1.37. The van der Waals surface area contributed by atoms with Crippen LogP contribution in [0.15, 0.2) is 4.52 Å². The first-order chi connectivity index (χ1) is 6.73. The maximum Gasteiger partial charge on any atom is 0.321 e. The third-order valence-corrected chi connectivity index (χ3v) is 2.52. The summed E-state index contributed by atoms with van der Waals surface area (Å²) < 4.78 is 9.75. The number of hydrogen-bond donors (Lipinski definition) is 0. The van der Waals surface area contributed by atoms with Crippen LogP contribution in [0.25, 0.3) is 0 Å². The highest BCUT2D eigenvalue weighted by Gasteiger charge is 2.57. The molecule has 0 unspecified atom stereocenters. The Balaban J connectivity index is 2.26. The van der Waals surface area contributed by atoms with Crippen molar-refractivity contribution in [1.82, 2.24) is 10.1 Å². The van der Waals surface area contributed by atoms with Gasteiger partial charge in [0.2, 0.25) is 5.89 Å². The van der Waals surface area contributed by atoms with E-state index in [-0.39, 0.29) is 5.97 Å². The zero-order valence-corrected chi connectivity index (χ0v) is 8.24. The first kappa shape index (κ1) is 9.18. The van der Waals surface area contributed by atoms with Crippen LogP contribution in [0.5, 0.6) is 0 Å². The molecule has 0 radical (unpaired) electrons. The van der Waals surface area contributed by atoms with E-state index in [4.69, 9.17) is 9.26 Å². The van der Waals surface area contributed by atoms with Crippen molar-refractivity contribution >= 4 is 5.97 Å². The zero-order chi connectivity index (χ0) is 10.2. The molecule has 0 N–H and O–H groups in total. The van der Waals surface area contributed by atoms with Crippen LogP contribution in [0.2, 0.25) is 0 Å². The fourth-order valence-corrected chi connectivity index (χ4v) is 1.42. The molecular weight excluding hydrogens is 184 g/mol. The van der Waals surface area contributed by atoms with E-state index < -0.39 is 5.41 Å². The second-order valence-electron chi connectivity index (χ2n) is 3.44. The van der Waals surface area contributed by atoms with Crippen LogP contribution in [0.4, 0.5) is 0 Å². The SMILES string of the molecule is CCc1noc(C2(C(=O)OC)CC2)n1. The Bertz CT molecular complexity index is 355. The van der Waals surface area contributed by atoms with Gasteiger partial charge in [0, 0.05) is 6.42 Å². The molecule has 1 aromatic heterocycles. The van der Waals surface area contributed by atoms with Gasteiger partial charge in [0.05, 0.1) is 7.11 Å². The number of carbonyl (C=O) groups excluding carboxylic acids is 1. The van der Waals surface area contributed by atoms with E-state index in [9.17, 15) is 4.79 Å². The van der Waals surface area contributed by atoms with E-state index in [1.54, 1.807) is 0 Å². The lowest BCUT2D eigenvalue weighted by Gasteiger charge is -2.05. The van der Waals surface area contributed by atoms with Gasteiger partial charge in [0.15, 0.2) is 5.82 Å². The minimum absolute atomic E-state index is 0.274. The maximum absolute atomic E-state index is 11.4. The third-order valence-electron chi connectivity index (χ3n) is 2.52. The summed E-state index contributed by atoms with van der Waals surface area (Å²) in [6.07, 6.45) is 2.19. The van der Waals surface area contributed by atoms with Crippen molar-refractivity contribution in [2.24, 2.45) is 0 Å². The van der Waals surface area contributed by atoms with Gasteiger partial charge in [0.1, 0.15) is 5.41 Å². The van der Waals surface area contributed by atoms with Crippen LogP contribution in [-0.4, -0.2) is 23.2 Å². The molecule has 1 aliphatic carbocycles. The Morgan fingerprint density at radius 2 is 2.36 bits per heavy atom. The van der Waals surface area contributed by atoms with Crippen molar-refractivity contribution < 1.29 is 14.1 Å². The number of aromatic nitrogens is 2. The topological polar surface area (TPSA) is 65.2 Å². The Hall–Kier alpha value is -1.39. The molecule has 1 heterocycles. The fraction of sp³-hybridized carbons (Fsp3) is 0.667. The second-order valence-corrected chi connectivity index (χ2v) is 3.44. The summed E-state index contributed by atoms with van der Waals surface area (Å²) >= 11 is 0. The quantitative estimate of drug-likeness (QED) is 0.670. The highest BCUT2D eigenvalue weighted by atomic mass is 16.5. The number of nitrogens with zero attached hydrogens (tertiary/aromatic N) is 2. The molecule has 0 spiro atoms. The number of aryl methyl sites for hydroxylation is 1. The predicted octanol–water partition coefficient (Wildman–Crippen LogP) is 0.837. The molecule has 76 valence electrons. The van der Waals surface area contributed by atoms with Crippen LogP contribution in [-0.2, 0) is 21.4 Å². The minimum atomic E-state index is -0.630. The third kappa shape index (κ3) is 1.20. The van der Waals surface area contributed by atoms with Crippen molar-refractivity contribution in [3.05, 3.63) is 11.7 Å². The lowest BCUT2D eigenvalue weighted by atomic mass is 10.1. The normalized spacial score (nSPS) is 17.9. The first-order valence-corrected chi connectivity index (χ1v) is 4.64. The predicted molar refractivity (Wildman–Crippen MR) is 46.6 cm³/mol. The van der Waals surface area contributed by atoms with E-state index in [1.165, 1.54) is 7.11 Å². The fourth-order valence-electron chi connectivity index (χ4n) is 1.42. The summed E-state index contributed by atoms with van der Waals surface area (Å²) in [6, 6.07) is 0. The zero-order valence-electron chi connectivity index (χ0n) is 8.24. The van der Waals surface area contributed by atoms with Gasteiger partial charge in [-0.2, -0.15) is 4.98 Å². The minimum Gasteiger partial charge on any atom is -0.468 e. The second kappa shape index (κ2) is 3.08. The van der Waals surface area contributed by atoms with Gasteiger partial charge < -0.3 is 9.26 Å². The van der Waals surface area contributed by atoms with E-state index in [2.05, 4.69) is 10.1 Å². The molecule has 5 heteroatoms. The summed E-state index contributed by atoms with van der Waals surface area (Å²) in [5, 5.41) is 3.76. The Kier molecular flexibility index (Phi) is 2.02. The molecule has 1 fully saturated rings. The molecular formula is C9H12N2O3. The van der Waals surface area contributed by atoms with Gasteiger partial charge in [-0.1, -0.05) is 12.1 Å². The van der Waals surface area contributed by atoms with Gasteiger partial charge in [-0.25, -0.2) is 0 Å². The Morgan fingerprint density at radius 3 is 2.79 bits per heavy atom. The summed E-state index contributed by atoms with van der Waals surface area (Å²) in [6.45, 7) is 1.94. The highest BCUT2D eigenvalue weighted by Crippen LogP contribution is 2.48. The number of ether oxygens (including phenoxy) is 1. The summed E-state index contributed by atoms with van der Waals surface area (Å²) in [4.78, 5) is 15.6. The van der Waals surface area contributed by atoms with Gasteiger partial charge in [-0.15, -0.1) is 0 Å². The van der Waals surface area contributed by atoms with Crippen molar-refractivity contribution in [2.75, 3.05) is 7.11 Å². The molecule has 1 aliphatic rings. The number of hydrogen-bond acceptors (Lipinski definition) is 5. The van der Waals surface area contributed by atoms with Gasteiger partial charge >= 0.3 is 5.97 Å². The van der Waals surface area contributed by atoms with Crippen molar-refractivity contribution in [3.63, 3.8) is 0 Å². The number of rotatable bonds is 3. The Labute approximate surface area is 81.4 Å². The van der Waals surface area contributed by atoms with Crippen molar-refractivity contribution in [2.45, 2.75) is 31.6 Å². The summed E-state index contributed by atoms with van der Waals surface area (Å²) in [5.74, 6) is 0.764. The van der Waals surface area contributed by atoms with Crippen LogP contribution in [0, 0.1) is 0 Å². The summed E-state index contributed by atoms with van der Waals surface area (Å²) in [5.41, 5.74) is -0.630. The highest BCUT2D eigenvalue weighted by molar-refractivity contribution is 5.85. The number of carbonyl (C=O) groups is 1. The maximum atomic E-state index is 11.4. The lowest BCUT2D eigenvalue weighted by Crippen LogP contribution is -2.22. The van der Waals surface area contributed by atoms with Gasteiger partial charge in [0.25, 0.3) is 0 Å². The molecule has 0 bridgehead atoms. The Morgan fingerprint density at radius 1 is 1.64 bits per heavy atom. The average molecular weight is 196 g/mol. The van der Waals surface area contributed by atoms with E-state index in [0.717, 1.165) is 12.8 Å². The van der Waals surface area contributed by atoms with E-state index >= 15 is 0 Å². The smallest absolute Gasteiger partial charge is 0.321 e. The molecule has 1 aromatic rings. The lowest BCUT2D eigenvalue weighted by molar-refractivity contribution is -0.144. The molecule has 0 saturated heterocycles. The van der Waals surface area contributed by atoms with Gasteiger partial charge in [-0.3, -0.25) is 4.79 Å². The molecule has 14 heavy (non-hydrogen) atoms. The van der Waals surface area contributed by atoms with Gasteiger partial charge in [-0.05, 0) is 12.8 Å². The molecule has 1 saturated carbocycles. The molecule has 0 atom stereocenters. The number of esters is 1. The van der Waals surface area contributed by atoms with E-state index in [0.29, 0.717) is 18.1 Å². The first-order valence-electron chi connectivity index (χ1n) is 4.64. The van der Waals surface area contributed by atoms with Crippen LogP contribution >= 0.6 is 0 Å². The largest absolute Gasteiger partial charge is 0.468 e. The van der Waals surface area contributed by atoms with Crippen LogP contribution in [0.1, 0.15) is 31.5 Å². The molecule has 2 rings (SSSR count). The molecule has 0 aliphatic heterocycles. The van der Waals surface area contributed by atoms with Crippen molar-refractivity contribution in [1.29, 1.82) is 0 Å². The van der Waals surface area contributed by atoms with E-state index in [1.807, 2.05) is 6.92 Å². The van der Waals surface area contributed by atoms with Crippen LogP contribution in [0.3, 0.4) is 0 Å². The molecule has 0 aromatic carbocycles. The molecule has 5 nitrogen and oxygen atoms in total. The standard InChI is InChI=1S/C9H12N2O3/c1-3-6-10-7(14-11-6)9(4-5-9)8(12)13-2/h3-5H2,1-2H3. The number of methoxy groups -OCH3 is 1. The average Bonchev–Trinajstić information content (AvgIpc) is 2.89. The molecule has 0 amide bonds. The van der Waals surface area contributed by atoms with Crippen LogP contribution < -0.4 is 0 Å². The van der Waals surface area contributed by atoms with Crippen molar-refractivity contribution in [3.8, 4) is 0 Å².